The van der Waals surface area contributed by atoms with Crippen molar-refractivity contribution in [2.45, 2.75) is 19.3 Å². The van der Waals surface area contributed by atoms with Gasteiger partial charge in [-0.05, 0) is 25.4 Å². The minimum atomic E-state index is 0.209. The summed E-state index contributed by atoms with van der Waals surface area (Å²) >= 11 is 0. The third-order valence-electron chi connectivity index (χ3n) is 1.98. The maximum atomic E-state index is 11.0. The lowest BCUT2D eigenvalue weighted by atomic mass is 10.0. The fourth-order valence-corrected chi connectivity index (χ4v) is 1.40. The highest BCUT2D eigenvalue weighted by Crippen LogP contribution is 2.12. The number of ketones is 1. The first kappa shape index (κ1) is 8.29. The SMILES string of the molecule is C#CCC(=O)CC1CCNC1. The minimum Gasteiger partial charge on any atom is -0.316 e. The topological polar surface area (TPSA) is 29.1 Å². The third-order valence-corrected chi connectivity index (χ3v) is 1.98. The van der Waals surface area contributed by atoms with E-state index in [-0.39, 0.29) is 5.78 Å². The highest BCUT2D eigenvalue weighted by atomic mass is 16.1. The summed E-state index contributed by atoms with van der Waals surface area (Å²) in [5.74, 6) is 3.12. The molecule has 0 aromatic carbocycles. The Morgan fingerprint density at radius 2 is 2.55 bits per heavy atom. The largest absolute Gasteiger partial charge is 0.316 e. The molecule has 0 radical (unpaired) electrons. The zero-order valence-electron chi connectivity index (χ0n) is 6.60. The van der Waals surface area contributed by atoms with Gasteiger partial charge in [-0.1, -0.05) is 5.92 Å². The maximum absolute atomic E-state index is 11.0. The second-order valence-corrected chi connectivity index (χ2v) is 2.98. The molecule has 1 aliphatic heterocycles. The molecule has 0 spiro atoms. The minimum absolute atomic E-state index is 0.209. The molecule has 2 heteroatoms. The predicted molar refractivity (Wildman–Crippen MR) is 44.1 cm³/mol. The van der Waals surface area contributed by atoms with Gasteiger partial charge in [0, 0.05) is 6.42 Å². The summed E-state index contributed by atoms with van der Waals surface area (Å²) in [5.41, 5.74) is 0. The smallest absolute Gasteiger partial charge is 0.145 e. The molecule has 0 bridgehead atoms. The maximum Gasteiger partial charge on any atom is 0.145 e. The fraction of sp³-hybridized carbons (Fsp3) is 0.667. The van der Waals surface area contributed by atoms with E-state index in [9.17, 15) is 4.79 Å². The molecular formula is C9H13NO. The van der Waals surface area contributed by atoms with E-state index in [2.05, 4.69) is 11.2 Å². The normalized spacial score (nSPS) is 23.0. The molecule has 1 unspecified atom stereocenters. The molecular weight excluding hydrogens is 138 g/mol. The molecule has 1 atom stereocenters. The van der Waals surface area contributed by atoms with Gasteiger partial charge in [0.25, 0.3) is 0 Å². The Morgan fingerprint density at radius 1 is 1.73 bits per heavy atom. The molecule has 0 saturated carbocycles. The first-order valence-corrected chi connectivity index (χ1v) is 3.99. The Balaban J connectivity index is 2.19. The summed E-state index contributed by atoms with van der Waals surface area (Å²) in [6, 6.07) is 0. The average Bonchev–Trinajstić information content (AvgIpc) is 2.40. The van der Waals surface area contributed by atoms with E-state index in [1.165, 1.54) is 0 Å². The zero-order chi connectivity index (χ0) is 8.10. The Kier molecular flexibility index (Phi) is 3.13. The van der Waals surface area contributed by atoms with Crippen molar-refractivity contribution in [1.29, 1.82) is 0 Å². The second kappa shape index (κ2) is 4.15. The van der Waals surface area contributed by atoms with Crippen LogP contribution in [0.2, 0.25) is 0 Å². The Labute approximate surface area is 67.4 Å². The molecule has 0 aliphatic carbocycles. The van der Waals surface area contributed by atoms with E-state index < -0.39 is 0 Å². The molecule has 1 N–H and O–H groups in total. The monoisotopic (exact) mass is 151 g/mol. The van der Waals surface area contributed by atoms with Crippen LogP contribution < -0.4 is 5.32 Å². The molecule has 1 fully saturated rings. The van der Waals surface area contributed by atoms with Gasteiger partial charge < -0.3 is 5.32 Å². The molecule has 0 aromatic rings. The number of hydrogen-bond acceptors (Lipinski definition) is 2. The Hall–Kier alpha value is -0.810. The molecule has 60 valence electrons. The molecule has 1 aliphatic rings. The van der Waals surface area contributed by atoms with Crippen molar-refractivity contribution >= 4 is 5.78 Å². The standard InChI is InChI=1S/C9H13NO/c1-2-3-9(11)6-8-4-5-10-7-8/h1,8,10H,3-7H2. The fourth-order valence-electron chi connectivity index (χ4n) is 1.40. The van der Waals surface area contributed by atoms with E-state index in [1.807, 2.05) is 0 Å². The van der Waals surface area contributed by atoms with Crippen LogP contribution >= 0.6 is 0 Å². The molecule has 1 heterocycles. The van der Waals surface area contributed by atoms with Gasteiger partial charge in [0.15, 0.2) is 0 Å². The molecule has 0 aromatic heterocycles. The summed E-state index contributed by atoms with van der Waals surface area (Å²) in [7, 11) is 0. The summed E-state index contributed by atoms with van der Waals surface area (Å²) in [6.45, 7) is 2.03. The Morgan fingerprint density at radius 3 is 3.09 bits per heavy atom. The van der Waals surface area contributed by atoms with Crippen molar-refractivity contribution in [3.8, 4) is 12.3 Å². The van der Waals surface area contributed by atoms with Gasteiger partial charge >= 0.3 is 0 Å². The van der Waals surface area contributed by atoms with Crippen LogP contribution in [0, 0.1) is 18.3 Å². The first-order chi connectivity index (χ1) is 5.33. The van der Waals surface area contributed by atoms with Gasteiger partial charge in [0.05, 0.1) is 6.42 Å². The second-order valence-electron chi connectivity index (χ2n) is 2.98. The van der Waals surface area contributed by atoms with Crippen molar-refractivity contribution in [3.05, 3.63) is 0 Å². The predicted octanol–water partition coefficient (Wildman–Crippen LogP) is 0.578. The lowest BCUT2D eigenvalue weighted by Crippen LogP contribution is -2.12. The van der Waals surface area contributed by atoms with Crippen LogP contribution in [0.5, 0.6) is 0 Å². The van der Waals surface area contributed by atoms with Crippen molar-refractivity contribution in [2.24, 2.45) is 5.92 Å². The summed E-state index contributed by atoms with van der Waals surface area (Å²) < 4.78 is 0. The van der Waals surface area contributed by atoms with Crippen molar-refractivity contribution in [3.63, 3.8) is 0 Å². The summed E-state index contributed by atoms with van der Waals surface area (Å²) in [4.78, 5) is 11.0. The van der Waals surface area contributed by atoms with Crippen LogP contribution in [0.3, 0.4) is 0 Å². The highest BCUT2D eigenvalue weighted by Gasteiger charge is 2.16. The molecule has 1 rings (SSSR count). The lowest BCUT2D eigenvalue weighted by Gasteiger charge is -2.03. The first-order valence-electron chi connectivity index (χ1n) is 3.99. The van der Waals surface area contributed by atoms with E-state index in [0.29, 0.717) is 18.8 Å². The van der Waals surface area contributed by atoms with E-state index in [4.69, 9.17) is 6.42 Å². The van der Waals surface area contributed by atoms with Crippen LogP contribution in [0.4, 0.5) is 0 Å². The van der Waals surface area contributed by atoms with E-state index in [0.717, 1.165) is 19.5 Å². The van der Waals surface area contributed by atoms with E-state index in [1.54, 1.807) is 0 Å². The van der Waals surface area contributed by atoms with Crippen molar-refractivity contribution in [1.82, 2.24) is 5.32 Å². The number of carbonyl (C=O) groups excluding carboxylic acids is 1. The number of rotatable bonds is 3. The van der Waals surface area contributed by atoms with Crippen molar-refractivity contribution < 1.29 is 4.79 Å². The number of Topliss-reactive ketones (excluding diaryl/α,β-unsaturated/α-hetero) is 1. The van der Waals surface area contributed by atoms with E-state index >= 15 is 0 Å². The van der Waals surface area contributed by atoms with Crippen LogP contribution in [0.1, 0.15) is 19.3 Å². The zero-order valence-corrected chi connectivity index (χ0v) is 6.60. The van der Waals surface area contributed by atoms with Crippen molar-refractivity contribution in [2.75, 3.05) is 13.1 Å². The molecule has 2 nitrogen and oxygen atoms in total. The molecule has 0 amide bonds. The number of carbonyl (C=O) groups is 1. The lowest BCUT2D eigenvalue weighted by molar-refractivity contribution is -0.118. The number of hydrogen-bond donors (Lipinski definition) is 1. The van der Waals surface area contributed by atoms with Gasteiger partial charge in [0.2, 0.25) is 0 Å². The highest BCUT2D eigenvalue weighted by molar-refractivity contribution is 5.80. The van der Waals surface area contributed by atoms with Gasteiger partial charge in [-0.3, -0.25) is 4.79 Å². The molecule has 11 heavy (non-hydrogen) atoms. The number of terminal acetylenes is 1. The number of nitrogens with one attached hydrogen (secondary N) is 1. The van der Waals surface area contributed by atoms with Gasteiger partial charge in [0.1, 0.15) is 5.78 Å². The van der Waals surface area contributed by atoms with Crippen LogP contribution in [0.25, 0.3) is 0 Å². The van der Waals surface area contributed by atoms with Gasteiger partial charge in [-0.25, -0.2) is 0 Å². The van der Waals surface area contributed by atoms with Crippen LogP contribution in [-0.4, -0.2) is 18.9 Å². The average molecular weight is 151 g/mol. The Bertz CT molecular complexity index is 174. The van der Waals surface area contributed by atoms with Gasteiger partial charge in [-0.2, -0.15) is 0 Å². The summed E-state index contributed by atoms with van der Waals surface area (Å²) in [5, 5.41) is 3.22. The third kappa shape index (κ3) is 2.73. The van der Waals surface area contributed by atoms with Gasteiger partial charge in [-0.15, -0.1) is 6.42 Å². The quantitative estimate of drug-likeness (QED) is 0.598. The van der Waals surface area contributed by atoms with Crippen LogP contribution in [0.15, 0.2) is 0 Å². The summed E-state index contributed by atoms with van der Waals surface area (Å²) in [6.07, 6.45) is 7.10. The van der Waals surface area contributed by atoms with Crippen LogP contribution in [-0.2, 0) is 4.79 Å². The molecule has 1 saturated heterocycles.